The summed E-state index contributed by atoms with van der Waals surface area (Å²) in [6, 6.07) is 14.1. The van der Waals surface area contributed by atoms with Gasteiger partial charge in [0, 0.05) is 44.7 Å². The van der Waals surface area contributed by atoms with Gasteiger partial charge in [0.05, 0.1) is 17.3 Å². The summed E-state index contributed by atoms with van der Waals surface area (Å²) in [5, 5.41) is 3.43. The molecule has 1 saturated heterocycles. The number of carbonyl (C=O) groups excluding carboxylic acids is 2. The molecule has 0 aliphatic carbocycles. The molecule has 2 aromatic carbocycles. The zero-order valence-corrected chi connectivity index (χ0v) is 19.3. The van der Waals surface area contributed by atoms with E-state index in [0.29, 0.717) is 24.4 Å². The quantitative estimate of drug-likeness (QED) is 0.588. The molecule has 0 bridgehead atoms. The first-order valence-electron chi connectivity index (χ1n) is 10.9. The molecule has 1 aliphatic rings. The monoisotopic (exact) mass is 452 g/mol. The van der Waals surface area contributed by atoms with Crippen molar-refractivity contribution < 1.29 is 14.3 Å². The highest BCUT2D eigenvalue weighted by molar-refractivity contribution is 7.22. The lowest BCUT2D eigenvalue weighted by atomic mass is 10.1. The Morgan fingerprint density at radius 1 is 1.09 bits per heavy atom. The van der Waals surface area contributed by atoms with Gasteiger partial charge >= 0.3 is 0 Å². The number of amides is 2. The Bertz CT molecular complexity index is 1090. The van der Waals surface area contributed by atoms with Gasteiger partial charge in [-0.1, -0.05) is 24.3 Å². The molecule has 0 spiro atoms. The highest BCUT2D eigenvalue weighted by Gasteiger charge is 2.21. The van der Waals surface area contributed by atoms with Gasteiger partial charge in [0.1, 0.15) is 5.75 Å². The van der Waals surface area contributed by atoms with E-state index in [2.05, 4.69) is 33.4 Å². The second-order valence-corrected chi connectivity index (χ2v) is 8.82. The van der Waals surface area contributed by atoms with Crippen LogP contribution in [0.25, 0.3) is 10.2 Å². The van der Waals surface area contributed by atoms with Gasteiger partial charge in [0.2, 0.25) is 11.8 Å². The molecule has 1 fully saturated rings. The third kappa shape index (κ3) is 5.19. The van der Waals surface area contributed by atoms with Gasteiger partial charge in [-0.25, -0.2) is 4.98 Å². The molecular formula is C24H28N4O3S. The van der Waals surface area contributed by atoms with Crippen LogP contribution in [0.5, 0.6) is 5.75 Å². The van der Waals surface area contributed by atoms with Gasteiger partial charge in [-0.05, 0) is 48.4 Å². The summed E-state index contributed by atoms with van der Waals surface area (Å²) in [5.41, 5.74) is 3.14. The van der Waals surface area contributed by atoms with Crippen molar-refractivity contribution in [1.82, 2.24) is 9.88 Å². The third-order valence-corrected chi connectivity index (χ3v) is 6.65. The molecule has 0 radical (unpaired) electrons. The lowest BCUT2D eigenvalue weighted by Crippen LogP contribution is -2.48. The minimum absolute atomic E-state index is 0.0398. The van der Waals surface area contributed by atoms with Gasteiger partial charge in [-0.3, -0.25) is 9.59 Å². The van der Waals surface area contributed by atoms with Gasteiger partial charge in [-0.2, -0.15) is 0 Å². The van der Waals surface area contributed by atoms with Crippen LogP contribution in [0.1, 0.15) is 25.3 Å². The predicted molar refractivity (Wildman–Crippen MR) is 129 cm³/mol. The topological polar surface area (TPSA) is 74.8 Å². The predicted octanol–water partition coefficient (Wildman–Crippen LogP) is 3.93. The van der Waals surface area contributed by atoms with Crippen molar-refractivity contribution in [2.24, 2.45) is 0 Å². The summed E-state index contributed by atoms with van der Waals surface area (Å²) in [6.45, 7) is 4.95. The molecule has 3 aromatic rings. The van der Waals surface area contributed by atoms with Crippen molar-refractivity contribution in [3.05, 3.63) is 48.0 Å². The van der Waals surface area contributed by atoms with Crippen molar-refractivity contribution in [1.29, 1.82) is 0 Å². The number of rotatable bonds is 7. The highest BCUT2D eigenvalue weighted by Crippen LogP contribution is 2.27. The first kappa shape index (κ1) is 22.1. The standard InChI is InChI=1S/C24H28N4O3S/c1-3-22(29)26-24-25-20-10-4-17(16-21(20)32-24)5-11-23(30)28-14-12-27(13-15-28)18-6-8-19(31-2)9-7-18/h4,6-10,16H,3,5,11-15H2,1-2H3,(H,25,26,29). The fourth-order valence-corrected chi connectivity index (χ4v) is 4.75. The lowest BCUT2D eigenvalue weighted by Gasteiger charge is -2.36. The minimum atomic E-state index is -0.0398. The SMILES string of the molecule is CCC(=O)Nc1nc2ccc(CCC(=O)N3CCN(c4ccc(OC)cc4)CC3)cc2s1. The molecule has 32 heavy (non-hydrogen) atoms. The van der Waals surface area contributed by atoms with E-state index in [-0.39, 0.29) is 11.8 Å². The third-order valence-electron chi connectivity index (χ3n) is 5.72. The number of anilines is 2. The maximum Gasteiger partial charge on any atom is 0.225 e. The van der Waals surface area contributed by atoms with E-state index >= 15 is 0 Å². The molecule has 8 heteroatoms. The fourth-order valence-electron chi connectivity index (χ4n) is 3.80. The maximum absolute atomic E-state index is 12.8. The van der Waals surface area contributed by atoms with Crippen molar-refractivity contribution >= 4 is 44.2 Å². The number of hydrogen-bond donors (Lipinski definition) is 1. The number of nitrogens with zero attached hydrogens (tertiary/aromatic N) is 3. The molecule has 0 atom stereocenters. The summed E-state index contributed by atoms with van der Waals surface area (Å²) >= 11 is 1.47. The zero-order chi connectivity index (χ0) is 22.5. The van der Waals surface area contributed by atoms with Gasteiger partial charge in [0.25, 0.3) is 0 Å². The van der Waals surface area contributed by atoms with E-state index < -0.39 is 0 Å². The second-order valence-electron chi connectivity index (χ2n) is 7.79. The molecule has 7 nitrogen and oxygen atoms in total. The average Bonchev–Trinajstić information content (AvgIpc) is 3.24. The Balaban J connectivity index is 1.29. The summed E-state index contributed by atoms with van der Waals surface area (Å²) in [6.07, 6.45) is 1.62. The number of thiazole rings is 1. The van der Waals surface area contributed by atoms with E-state index in [4.69, 9.17) is 4.74 Å². The van der Waals surface area contributed by atoms with E-state index in [1.54, 1.807) is 7.11 Å². The zero-order valence-electron chi connectivity index (χ0n) is 18.5. The van der Waals surface area contributed by atoms with Crippen molar-refractivity contribution in [2.75, 3.05) is 43.5 Å². The van der Waals surface area contributed by atoms with Crippen LogP contribution in [-0.2, 0) is 16.0 Å². The Kier molecular flexibility index (Phi) is 6.90. The number of benzene rings is 2. The number of piperazine rings is 1. The number of fused-ring (bicyclic) bond motifs is 1. The summed E-state index contributed by atoms with van der Waals surface area (Å²) < 4.78 is 6.24. The molecule has 2 heterocycles. The number of nitrogens with one attached hydrogen (secondary N) is 1. The number of carbonyl (C=O) groups is 2. The number of hydrogen-bond acceptors (Lipinski definition) is 6. The van der Waals surface area contributed by atoms with Gasteiger partial charge < -0.3 is 19.9 Å². The first-order chi connectivity index (χ1) is 15.6. The first-order valence-corrected chi connectivity index (χ1v) is 11.7. The minimum Gasteiger partial charge on any atom is -0.497 e. The summed E-state index contributed by atoms with van der Waals surface area (Å²) in [7, 11) is 1.67. The number of methoxy groups -OCH3 is 1. The van der Waals surface area contributed by atoms with Crippen molar-refractivity contribution in [2.45, 2.75) is 26.2 Å². The van der Waals surface area contributed by atoms with Crippen LogP contribution in [0.2, 0.25) is 0 Å². The summed E-state index contributed by atoms with van der Waals surface area (Å²) in [4.78, 5) is 33.1. The molecule has 1 aliphatic heterocycles. The van der Waals surface area contributed by atoms with Gasteiger partial charge in [-0.15, -0.1) is 0 Å². The molecule has 2 amide bonds. The normalized spacial score (nSPS) is 13.9. The molecular weight excluding hydrogens is 424 g/mol. The number of aryl methyl sites for hydroxylation is 1. The van der Waals surface area contributed by atoms with Crippen LogP contribution in [0, 0.1) is 0 Å². The average molecular weight is 453 g/mol. The van der Waals surface area contributed by atoms with E-state index in [1.807, 2.05) is 36.1 Å². The molecule has 1 N–H and O–H groups in total. The van der Waals surface area contributed by atoms with E-state index in [1.165, 1.54) is 11.3 Å². The largest absolute Gasteiger partial charge is 0.497 e. The molecule has 0 unspecified atom stereocenters. The maximum atomic E-state index is 12.8. The number of ether oxygens (including phenoxy) is 1. The fraction of sp³-hybridized carbons (Fsp3) is 0.375. The van der Waals surface area contributed by atoms with Gasteiger partial charge in [0.15, 0.2) is 5.13 Å². The van der Waals surface area contributed by atoms with Crippen LogP contribution in [0.4, 0.5) is 10.8 Å². The van der Waals surface area contributed by atoms with Crippen LogP contribution < -0.4 is 15.0 Å². The van der Waals surface area contributed by atoms with Crippen LogP contribution in [0.15, 0.2) is 42.5 Å². The van der Waals surface area contributed by atoms with Crippen LogP contribution in [-0.4, -0.2) is 55.0 Å². The Morgan fingerprint density at radius 2 is 1.84 bits per heavy atom. The highest BCUT2D eigenvalue weighted by atomic mass is 32.1. The molecule has 4 rings (SSSR count). The smallest absolute Gasteiger partial charge is 0.225 e. The number of aromatic nitrogens is 1. The van der Waals surface area contributed by atoms with E-state index in [9.17, 15) is 9.59 Å². The molecule has 168 valence electrons. The Hall–Kier alpha value is -3.13. The van der Waals surface area contributed by atoms with Crippen molar-refractivity contribution in [3.63, 3.8) is 0 Å². The second kappa shape index (κ2) is 9.99. The van der Waals surface area contributed by atoms with Crippen LogP contribution >= 0.6 is 11.3 Å². The Morgan fingerprint density at radius 3 is 2.53 bits per heavy atom. The summed E-state index contributed by atoms with van der Waals surface area (Å²) in [5.74, 6) is 1.00. The molecule has 0 saturated carbocycles. The van der Waals surface area contributed by atoms with Crippen molar-refractivity contribution in [3.8, 4) is 5.75 Å². The molecule has 1 aromatic heterocycles. The van der Waals surface area contributed by atoms with E-state index in [0.717, 1.165) is 53.4 Å². The Labute approximate surface area is 192 Å². The lowest BCUT2D eigenvalue weighted by molar-refractivity contribution is -0.131. The van der Waals surface area contributed by atoms with Crippen LogP contribution in [0.3, 0.4) is 0 Å².